The molecule has 2 amide bonds. The van der Waals surface area contributed by atoms with Crippen LogP contribution in [0.2, 0.25) is 0 Å². The molecule has 2 aliphatic rings. The average Bonchev–Trinajstić information content (AvgIpc) is 2.40. The third kappa shape index (κ3) is 2.46. The molecule has 3 heteroatoms. The van der Waals surface area contributed by atoms with E-state index in [0.29, 0.717) is 6.04 Å². The first-order chi connectivity index (χ1) is 9.13. The zero-order valence-electron chi connectivity index (χ0n) is 11.8. The van der Waals surface area contributed by atoms with Crippen LogP contribution < -0.4 is 5.32 Å². The van der Waals surface area contributed by atoms with Gasteiger partial charge < -0.3 is 10.2 Å². The minimum Gasteiger partial charge on any atom is -0.317 e. The predicted octanol–water partition coefficient (Wildman–Crippen LogP) is 3.92. The molecule has 1 aliphatic heterocycles. The van der Waals surface area contributed by atoms with Gasteiger partial charge in [0.15, 0.2) is 0 Å². The number of carbonyl (C=O) groups is 1. The Balaban J connectivity index is 1.79. The SMILES string of the molecule is Cc1ccc2c(c1)CN([C@H]1CC[C@H](C)CC1)C(=O)N2. The smallest absolute Gasteiger partial charge is 0.317 e. The van der Waals surface area contributed by atoms with Crippen LogP contribution in [0.25, 0.3) is 0 Å². The first-order valence-electron chi connectivity index (χ1n) is 7.30. The highest BCUT2D eigenvalue weighted by Gasteiger charge is 2.31. The Kier molecular flexibility index (Phi) is 3.21. The van der Waals surface area contributed by atoms with Crippen molar-refractivity contribution in [3.63, 3.8) is 0 Å². The number of nitrogens with zero attached hydrogens (tertiary/aromatic N) is 1. The number of aryl methyl sites for hydroxylation is 1. The number of urea groups is 1. The highest BCUT2D eigenvalue weighted by Crippen LogP contribution is 2.32. The molecule has 1 aromatic carbocycles. The van der Waals surface area contributed by atoms with Gasteiger partial charge in [0.1, 0.15) is 0 Å². The normalized spacial score (nSPS) is 26.8. The van der Waals surface area contributed by atoms with Gasteiger partial charge in [0.05, 0.1) is 0 Å². The highest BCUT2D eigenvalue weighted by molar-refractivity contribution is 5.92. The molecular weight excluding hydrogens is 236 g/mol. The molecule has 1 aliphatic carbocycles. The lowest BCUT2D eigenvalue weighted by Gasteiger charge is -2.39. The second-order valence-electron chi connectivity index (χ2n) is 6.13. The summed E-state index contributed by atoms with van der Waals surface area (Å²) in [5, 5.41) is 3.03. The molecule has 102 valence electrons. The minimum absolute atomic E-state index is 0.0795. The molecule has 0 atom stereocenters. The lowest BCUT2D eigenvalue weighted by atomic mass is 9.86. The Morgan fingerprint density at radius 2 is 1.95 bits per heavy atom. The highest BCUT2D eigenvalue weighted by atomic mass is 16.2. The Hall–Kier alpha value is -1.51. The van der Waals surface area contributed by atoms with Crippen LogP contribution in [0.4, 0.5) is 10.5 Å². The van der Waals surface area contributed by atoms with Crippen LogP contribution in [-0.4, -0.2) is 17.0 Å². The van der Waals surface area contributed by atoms with Gasteiger partial charge in [-0.25, -0.2) is 4.79 Å². The van der Waals surface area contributed by atoms with Gasteiger partial charge in [0.25, 0.3) is 0 Å². The van der Waals surface area contributed by atoms with E-state index < -0.39 is 0 Å². The summed E-state index contributed by atoms with van der Waals surface area (Å²) in [5.41, 5.74) is 3.49. The molecule has 19 heavy (non-hydrogen) atoms. The maximum Gasteiger partial charge on any atom is 0.322 e. The predicted molar refractivity (Wildman–Crippen MR) is 77.2 cm³/mol. The summed E-state index contributed by atoms with van der Waals surface area (Å²) in [6, 6.07) is 6.76. The van der Waals surface area contributed by atoms with E-state index in [1.54, 1.807) is 0 Å². The average molecular weight is 258 g/mol. The Bertz CT molecular complexity index is 490. The summed E-state index contributed by atoms with van der Waals surface area (Å²) in [6.07, 6.45) is 4.79. The van der Waals surface area contributed by atoms with Crippen LogP contribution >= 0.6 is 0 Å². The summed E-state index contributed by atoms with van der Waals surface area (Å²) in [4.78, 5) is 14.3. The Labute approximate surface area is 115 Å². The van der Waals surface area contributed by atoms with Gasteiger partial charge in [0, 0.05) is 18.3 Å². The number of anilines is 1. The topological polar surface area (TPSA) is 32.3 Å². The van der Waals surface area contributed by atoms with Crippen LogP contribution in [0, 0.1) is 12.8 Å². The van der Waals surface area contributed by atoms with Gasteiger partial charge in [-0.3, -0.25) is 0 Å². The molecule has 0 saturated heterocycles. The molecule has 0 aromatic heterocycles. The Morgan fingerprint density at radius 1 is 1.21 bits per heavy atom. The molecular formula is C16H22N2O. The van der Waals surface area contributed by atoms with E-state index >= 15 is 0 Å². The molecule has 0 radical (unpaired) electrons. The number of fused-ring (bicyclic) bond motifs is 1. The molecule has 3 rings (SSSR count). The van der Waals surface area contributed by atoms with Gasteiger partial charge in [-0.05, 0) is 50.2 Å². The van der Waals surface area contributed by atoms with Crippen LogP contribution in [0.3, 0.4) is 0 Å². The van der Waals surface area contributed by atoms with Crippen LogP contribution in [0.15, 0.2) is 18.2 Å². The fourth-order valence-electron chi connectivity index (χ4n) is 3.27. The second-order valence-corrected chi connectivity index (χ2v) is 6.13. The molecule has 3 nitrogen and oxygen atoms in total. The summed E-state index contributed by atoms with van der Waals surface area (Å²) < 4.78 is 0. The Morgan fingerprint density at radius 3 is 2.68 bits per heavy atom. The largest absolute Gasteiger partial charge is 0.322 e. The number of nitrogens with one attached hydrogen (secondary N) is 1. The summed E-state index contributed by atoms with van der Waals surface area (Å²) in [6.45, 7) is 5.18. The number of carbonyl (C=O) groups excluding carboxylic acids is 1. The number of hydrogen-bond donors (Lipinski definition) is 1. The zero-order chi connectivity index (χ0) is 13.4. The van der Waals surface area contributed by atoms with Crippen molar-refractivity contribution in [2.45, 2.75) is 52.1 Å². The fourth-order valence-corrected chi connectivity index (χ4v) is 3.27. The molecule has 1 heterocycles. The van der Waals surface area contributed by atoms with Crippen molar-refractivity contribution in [1.82, 2.24) is 4.90 Å². The van der Waals surface area contributed by atoms with E-state index in [1.807, 2.05) is 11.0 Å². The minimum atomic E-state index is 0.0795. The summed E-state index contributed by atoms with van der Waals surface area (Å²) in [7, 11) is 0. The van der Waals surface area contributed by atoms with Crippen molar-refractivity contribution < 1.29 is 4.79 Å². The van der Waals surface area contributed by atoms with Crippen LogP contribution in [0.1, 0.15) is 43.7 Å². The van der Waals surface area contributed by atoms with Gasteiger partial charge >= 0.3 is 6.03 Å². The second kappa shape index (κ2) is 4.87. The van der Waals surface area contributed by atoms with Crippen molar-refractivity contribution in [2.24, 2.45) is 5.92 Å². The zero-order valence-corrected chi connectivity index (χ0v) is 11.8. The van der Waals surface area contributed by atoms with E-state index in [2.05, 4.69) is 31.3 Å². The van der Waals surface area contributed by atoms with Gasteiger partial charge in [-0.2, -0.15) is 0 Å². The molecule has 0 bridgehead atoms. The van der Waals surface area contributed by atoms with E-state index in [-0.39, 0.29) is 6.03 Å². The van der Waals surface area contributed by atoms with Gasteiger partial charge in [-0.15, -0.1) is 0 Å². The fraction of sp³-hybridized carbons (Fsp3) is 0.562. The summed E-state index contributed by atoms with van der Waals surface area (Å²) >= 11 is 0. The van der Waals surface area contributed by atoms with E-state index in [4.69, 9.17) is 0 Å². The molecule has 1 N–H and O–H groups in total. The number of hydrogen-bond acceptors (Lipinski definition) is 1. The van der Waals surface area contributed by atoms with Crippen molar-refractivity contribution in [3.05, 3.63) is 29.3 Å². The van der Waals surface area contributed by atoms with Crippen LogP contribution in [0.5, 0.6) is 0 Å². The summed E-state index contributed by atoms with van der Waals surface area (Å²) in [5.74, 6) is 0.818. The van der Waals surface area contributed by atoms with E-state index in [0.717, 1.165) is 31.0 Å². The van der Waals surface area contributed by atoms with E-state index in [1.165, 1.54) is 24.0 Å². The maximum absolute atomic E-state index is 12.2. The first-order valence-corrected chi connectivity index (χ1v) is 7.30. The number of benzene rings is 1. The molecule has 0 unspecified atom stereocenters. The molecule has 1 aromatic rings. The number of amides is 2. The quantitative estimate of drug-likeness (QED) is 0.813. The monoisotopic (exact) mass is 258 g/mol. The lowest BCUT2D eigenvalue weighted by Crippen LogP contribution is -2.46. The van der Waals surface area contributed by atoms with Crippen LogP contribution in [-0.2, 0) is 6.54 Å². The van der Waals surface area contributed by atoms with Gasteiger partial charge in [0.2, 0.25) is 0 Å². The van der Waals surface area contributed by atoms with E-state index in [9.17, 15) is 4.79 Å². The maximum atomic E-state index is 12.2. The van der Waals surface area contributed by atoms with Gasteiger partial charge in [-0.1, -0.05) is 24.6 Å². The third-order valence-electron chi connectivity index (χ3n) is 4.53. The third-order valence-corrected chi connectivity index (χ3v) is 4.53. The van der Waals surface area contributed by atoms with Crippen molar-refractivity contribution >= 4 is 11.7 Å². The first kappa shape index (κ1) is 12.5. The van der Waals surface area contributed by atoms with Crippen molar-refractivity contribution in [3.8, 4) is 0 Å². The lowest BCUT2D eigenvalue weighted by molar-refractivity contribution is 0.149. The standard InChI is InChI=1S/C16H22N2O/c1-11-3-6-14(7-4-11)18-10-13-9-12(2)5-8-15(13)17-16(18)19/h5,8-9,11,14H,3-4,6-7,10H2,1-2H3,(H,17,19)/t11-,14-. The number of rotatable bonds is 1. The molecule has 0 spiro atoms. The van der Waals surface area contributed by atoms with Crippen molar-refractivity contribution in [1.29, 1.82) is 0 Å². The molecule has 1 fully saturated rings. The van der Waals surface area contributed by atoms with Crippen molar-refractivity contribution in [2.75, 3.05) is 5.32 Å². The molecule has 1 saturated carbocycles.